The highest BCUT2D eigenvalue weighted by atomic mass is 16.5. The highest BCUT2D eigenvalue weighted by molar-refractivity contribution is 5.95. The van der Waals surface area contributed by atoms with E-state index in [1.807, 2.05) is 45.0 Å². The summed E-state index contributed by atoms with van der Waals surface area (Å²) in [5.74, 6) is 0.900. The highest BCUT2D eigenvalue weighted by Gasteiger charge is 2.36. The van der Waals surface area contributed by atoms with E-state index in [0.29, 0.717) is 0 Å². The van der Waals surface area contributed by atoms with Gasteiger partial charge in [0.2, 0.25) is 5.91 Å². The molecule has 1 heterocycles. The minimum atomic E-state index is -0.299. The molecule has 4 nitrogen and oxygen atoms in total. The largest absolute Gasteiger partial charge is 0.491 e. The highest BCUT2D eigenvalue weighted by Crippen LogP contribution is 2.27. The van der Waals surface area contributed by atoms with Crippen LogP contribution < -0.4 is 15.4 Å². The van der Waals surface area contributed by atoms with Gasteiger partial charge in [-0.3, -0.25) is 4.79 Å². The van der Waals surface area contributed by atoms with E-state index < -0.39 is 0 Å². The van der Waals surface area contributed by atoms with Crippen molar-refractivity contribution in [3.63, 3.8) is 0 Å². The van der Waals surface area contributed by atoms with Crippen molar-refractivity contribution in [2.45, 2.75) is 33.3 Å². The first-order chi connectivity index (χ1) is 8.99. The molecule has 2 N–H and O–H groups in total. The fourth-order valence-electron chi connectivity index (χ4n) is 2.18. The Bertz CT molecular complexity index is 434. The van der Waals surface area contributed by atoms with E-state index in [1.54, 1.807) is 0 Å². The molecule has 0 saturated carbocycles. The smallest absolute Gasteiger partial charge is 0.231 e. The second-order valence-corrected chi connectivity index (χ2v) is 5.63. The van der Waals surface area contributed by atoms with Gasteiger partial charge >= 0.3 is 0 Å². The lowest BCUT2D eigenvalue weighted by Crippen LogP contribution is -2.35. The van der Waals surface area contributed by atoms with Gasteiger partial charge in [-0.05, 0) is 58.0 Å². The number of carbonyl (C=O) groups is 1. The molecule has 1 aliphatic rings. The molecule has 4 heteroatoms. The molecule has 1 unspecified atom stereocenters. The lowest BCUT2D eigenvalue weighted by atomic mass is 9.89. The van der Waals surface area contributed by atoms with Crippen LogP contribution in [-0.4, -0.2) is 25.1 Å². The van der Waals surface area contributed by atoms with Crippen LogP contribution in [0.5, 0.6) is 5.75 Å². The first kappa shape index (κ1) is 13.9. The second-order valence-electron chi connectivity index (χ2n) is 5.63. The van der Waals surface area contributed by atoms with E-state index in [1.165, 1.54) is 0 Å². The Morgan fingerprint density at radius 1 is 1.37 bits per heavy atom. The summed E-state index contributed by atoms with van der Waals surface area (Å²) in [6.45, 7) is 7.63. The second kappa shape index (κ2) is 5.61. The summed E-state index contributed by atoms with van der Waals surface area (Å²) in [4.78, 5) is 12.2. The van der Waals surface area contributed by atoms with Crippen molar-refractivity contribution >= 4 is 11.6 Å². The summed E-state index contributed by atoms with van der Waals surface area (Å²) in [6.07, 6.45) is 1.04. The molecule has 19 heavy (non-hydrogen) atoms. The molecule has 1 fully saturated rings. The van der Waals surface area contributed by atoms with Crippen LogP contribution in [0, 0.1) is 5.41 Å². The monoisotopic (exact) mass is 262 g/mol. The molecular weight excluding hydrogens is 240 g/mol. The number of nitrogens with one attached hydrogen (secondary N) is 2. The summed E-state index contributed by atoms with van der Waals surface area (Å²) in [5, 5.41) is 6.20. The Morgan fingerprint density at radius 2 is 2.05 bits per heavy atom. The predicted octanol–water partition coefficient (Wildman–Crippen LogP) is 2.41. The maximum Gasteiger partial charge on any atom is 0.231 e. The first-order valence-electron chi connectivity index (χ1n) is 6.78. The van der Waals surface area contributed by atoms with Crippen LogP contribution in [0.3, 0.4) is 0 Å². The Morgan fingerprint density at radius 3 is 2.58 bits per heavy atom. The van der Waals surface area contributed by atoms with Gasteiger partial charge in [0, 0.05) is 12.2 Å². The molecule has 1 aliphatic heterocycles. The number of hydrogen-bond acceptors (Lipinski definition) is 3. The molecule has 104 valence electrons. The maximum atomic E-state index is 12.2. The average Bonchev–Trinajstić information content (AvgIpc) is 2.79. The van der Waals surface area contributed by atoms with Crippen LogP contribution in [-0.2, 0) is 4.79 Å². The molecule has 0 aromatic heterocycles. The third kappa shape index (κ3) is 3.47. The van der Waals surface area contributed by atoms with Crippen LogP contribution in [0.25, 0.3) is 0 Å². The zero-order valence-electron chi connectivity index (χ0n) is 11.8. The number of benzene rings is 1. The Labute approximate surface area is 114 Å². The van der Waals surface area contributed by atoms with Gasteiger partial charge in [-0.15, -0.1) is 0 Å². The lowest BCUT2D eigenvalue weighted by Gasteiger charge is -2.21. The van der Waals surface area contributed by atoms with Gasteiger partial charge < -0.3 is 15.4 Å². The molecule has 0 radical (unpaired) electrons. The van der Waals surface area contributed by atoms with Gasteiger partial charge in [0.1, 0.15) is 5.75 Å². The Kier molecular flexibility index (Phi) is 4.10. The topological polar surface area (TPSA) is 50.4 Å². The minimum Gasteiger partial charge on any atom is -0.491 e. The van der Waals surface area contributed by atoms with Gasteiger partial charge in [0.25, 0.3) is 0 Å². The number of carbonyl (C=O) groups excluding carboxylic acids is 1. The normalized spacial score (nSPS) is 22.5. The van der Waals surface area contributed by atoms with Crippen LogP contribution in [0.1, 0.15) is 27.2 Å². The number of anilines is 1. The van der Waals surface area contributed by atoms with Gasteiger partial charge in [0.15, 0.2) is 0 Å². The third-order valence-electron chi connectivity index (χ3n) is 3.40. The number of amides is 1. The molecule has 1 saturated heterocycles. The van der Waals surface area contributed by atoms with Gasteiger partial charge in [-0.2, -0.15) is 0 Å². The van der Waals surface area contributed by atoms with E-state index in [9.17, 15) is 4.79 Å². The van der Waals surface area contributed by atoms with Crippen molar-refractivity contribution in [2.75, 3.05) is 18.4 Å². The first-order valence-corrected chi connectivity index (χ1v) is 6.78. The average molecular weight is 262 g/mol. The van der Waals surface area contributed by atoms with Crippen LogP contribution >= 0.6 is 0 Å². The molecule has 1 atom stereocenters. The lowest BCUT2D eigenvalue weighted by molar-refractivity contribution is -0.123. The van der Waals surface area contributed by atoms with Crippen molar-refractivity contribution in [1.82, 2.24) is 5.32 Å². The number of hydrogen-bond donors (Lipinski definition) is 2. The fraction of sp³-hybridized carbons (Fsp3) is 0.533. The predicted molar refractivity (Wildman–Crippen MR) is 76.4 cm³/mol. The molecule has 2 rings (SSSR count). The molecule has 0 spiro atoms. The van der Waals surface area contributed by atoms with E-state index in [2.05, 4.69) is 10.6 Å². The standard InChI is InChI=1S/C15H22N2O2/c1-11(2)19-13-6-4-12(5-7-13)17-14(18)15(3)8-9-16-10-15/h4-7,11,16H,8-10H2,1-3H3,(H,17,18). The van der Waals surface area contributed by atoms with Crippen LogP contribution in [0.2, 0.25) is 0 Å². The molecule has 1 aromatic carbocycles. The molecular formula is C15H22N2O2. The third-order valence-corrected chi connectivity index (χ3v) is 3.40. The number of rotatable bonds is 4. The molecule has 0 bridgehead atoms. The van der Waals surface area contributed by atoms with Crippen LogP contribution in [0.15, 0.2) is 24.3 Å². The fourth-order valence-corrected chi connectivity index (χ4v) is 2.18. The maximum absolute atomic E-state index is 12.2. The molecule has 1 aromatic rings. The van der Waals surface area contributed by atoms with Crippen molar-refractivity contribution in [2.24, 2.45) is 5.41 Å². The zero-order chi connectivity index (χ0) is 13.9. The minimum absolute atomic E-state index is 0.0787. The van der Waals surface area contributed by atoms with Crippen molar-refractivity contribution in [1.29, 1.82) is 0 Å². The Balaban J connectivity index is 1.97. The van der Waals surface area contributed by atoms with E-state index in [0.717, 1.165) is 30.9 Å². The summed E-state index contributed by atoms with van der Waals surface area (Å²) in [7, 11) is 0. The SMILES string of the molecule is CC(C)Oc1ccc(NC(=O)C2(C)CCNC2)cc1. The zero-order valence-corrected chi connectivity index (χ0v) is 11.8. The number of ether oxygens (including phenoxy) is 1. The summed E-state index contributed by atoms with van der Waals surface area (Å²) < 4.78 is 5.57. The van der Waals surface area contributed by atoms with Crippen molar-refractivity contribution in [3.8, 4) is 5.75 Å². The summed E-state index contributed by atoms with van der Waals surface area (Å²) in [5.41, 5.74) is 0.516. The van der Waals surface area contributed by atoms with Gasteiger partial charge in [0.05, 0.1) is 11.5 Å². The van der Waals surface area contributed by atoms with E-state index in [4.69, 9.17) is 4.74 Å². The Hall–Kier alpha value is -1.55. The van der Waals surface area contributed by atoms with Gasteiger partial charge in [-0.1, -0.05) is 0 Å². The molecule has 0 aliphatic carbocycles. The molecule has 1 amide bonds. The van der Waals surface area contributed by atoms with Crippen LogP contribution in [0.4, 0.5) is 5.69 Å². The van der Waals surface area contributed by atoms with Gasteiger partial charge in [-0.25, -0.2) is 0 Å². The van der Waals surface area contributed by atoms with Crippen molar-refractivity contribution in [3.05, 3.63) is 24.3 Å². The summed E-state index contributed by atoms with van der Waals surface area (Å²) in [6, 6.07) is 7.51. The summed E-state index contributed by atoms with van der Waals surface area (Å²) >= 11 is 0. The van der Waals surface area contributed by atoms with E-state index in [-0.39, 0.29) is 17.4 Å². The van der Waals surface area contributed by atoms with Crippen molar-refractivity contribution < 1.29 is 9.53 Å². The quantitative estimate of drug-likeness (QED) is 0.876. The van der Waals surface area contributed by atoms with E-state index >= 15 is 0 Å².